The van der Waals surface area contributed by atoms with E-state index >= 15 is 0 Å². The van der Waals surface area contributed by atoms with Gasteiger partial charge in [-0.2, -0.15) is 10.2 Å². The van der Waals surface area contributed by atoms with Crippen LogP contribution in [0.5, 0.6) is 5.75 Å². The topological polar surface area (TPSA) is 98.2 Å². The van der Waals surface area contributed by atoms with E-state index in [9.17, 15) is 10.1 Å². The molecule has 0 amide bonds. The van der Waals surface area contributed by atoms with Crippen molar-refractivity contribution < 1.29 is 18.8 Å². The van der Waals surface area contributed by atoms with Gasteiger partial charge in [0, 0.05) is 15.6 Å². The summed E-state index contributed by atoms with van der Waals surface area (Å²) in [4.78, 5) is 17.3. The Hall–Kier alpha value is -3.96. The lowest BCUT2D eigenvalue weighted by atomic mass is 10.0. The zero-order valence-electron chi connectivity index (χ0n) is 19.7. The van der Waals surface area contributed by atoms with Crippen molar-refractivity contribution in [1.29, 1.82) is 5.26 Å². The highest BCUT2D eigenvalue weighted by Crippen LogP contribution is 2.40. The molecule has 0 fully saturated rings. The van der Waals surface area contributed by atoms with E-state index in [0.717, 1.165) is 27.6 Å². The number of carbonyl (C=O) groups excluding carboxylic acids is 1. The standard InChI is InChI=1S/C28H22BrN3O4/c1-16(2)34-24-12-8-18(14-19(24)15-30)27-31-26(32-36-27)23-5-3-4-22-21(23)11-13-25(22)35-28(33)17-6-9-20(29)10-7-17/h3-10,12,14,16,25H,11,13H2,1-2H3. The second-order valence-corrected chi connectivity index (χ2v) is 9.64. The van der Waals surface area contributed by atoms with Gasteiger partial charge in [-0.15, -0.1) is 0 Å². The second kappa shape index (κ2) is 9.96. The first-order valence-electron chi connectivity index (χ1n) is 11.6. The molecule has 1 aliphatic carbocycles. The second-order valence-electron chi connectivity index (χ2n) is 8.73. The molecular weight excluding hydrogens is 522 g/mol. The third-order valence-corrected chi connectivity index (χ3v) is 6.45. The molecule has 1 aliphatic rings. The molecular formula is C28H22BrN3O4. The zero-order valence-corrected chi connectivity index (χ0v) is 21.3. The third-order valence-electron chi connectivity index (χ3n) is 5.92. The third kappa shape index (κ3) is 4.75. The van der Waals surface area contributed by atoms with Gasteiger partial charge in [-0.25, -0.2) is 4.79 Å². The SMILES string of the molecule is CC(C)Oc1ccc(-c2nc(-c3cccc4c3CCC4OC(=O)c3ccc(Br)cc3)no2)cc1C#N. The van der Waals surface area contributed by atoms with Crippen LogP contribution < -0.4 is 4.74 Å². The number of hydrogen-bond acceptors (Lipinski definition) is 7. The summed E-state index contributed by atoms with van der Waals surface area (Å²) < 4.78 is 18.0. The largest absolute Gasteiger partial charge is 0.490 e. The number of esters is 1. The molecule has 4 aromatic rings. The molecule has 1 atom stereocenters. The van der Waals surface area contributed by atoms with E-state index in [1.165, 1.54) is 0 Å². The predicted octanol–water partition coefficient (Wildman–Crippen LogP) is 6.67. The van der Waals surface area contributed by atoms with Gasteiger partial charge in [-0.1, -0.05) is 39.3 Å². The van der Waals surface area contributed by atoms with Crippen molar-refractivity contribution in [3.63, 3.8) is 0 Å². The number of carbonyl (C=O) groups is 1. The number of rotatable bonds is 6. The minimum Gasteiger partial charge on any atom is -0.490 e. The maximum absolute atomic E-state index is 12.7. The monoisotopic (exact) mass is 543 g/mol. The highest BCUT2D eigenvalue weighted by molar-refractivity contribution is 9.10. The first kappa shape index (κ1) is 23.8. The van der Waals surface area contributed by atoms with E-state index in [0.29, 0.717) is 40.6 Å². The van der Waals surface area contributed by atoms with Crippen LogP contribution in [-0.4, -0.2) is 22.2 Å². The molecule has 0 saturated carbocycles. The number of nitriles is 1. The fourth-order valence-corrected chi connectivity index (χ4v) is 4.55. The van der Waals surface area contributed by atoms with Crippen LogP contribution in [0.4, 0.5) is 0 Å². The molecule has 3 aromatic carbocycles. The van der Waals surface area contributed by atoms with Crippen LogP contribution in [0.1, 0.15) is 53.4 Å². The highest BCUT2D eigenvalue weighted by Gasteiger charge is 2.29. The minimum absolute atomic E-state index is 0.0453. The van der Waals surface area contributed by atoms with Gasteiger partial charge in [-0.3, -0.25) is 0 Å². The number of nitrogens with zero attached hydrogens (tertiary/aromatic N) is 3. The molecule has 0 spiro atoms. The first-order valence-corrected chi connectivity index (χ1v) is 12.4. The van der Waals surface area contributed by atoms with Crippen LogP contribution >= 0.6 is 15.9 Å². The quantitative estimate of drug-likeness (QED) is 0.250. The summed E-state index contributed by atoms with van der Waals surface area (Å²) in [5.74, 6) is 0.917. The fraction of sp³-hybridized carbons (Fsp3) is 0.214. The molecule has 36 heavy (non-hydrogen) atoms. The summed E-state index contributed by atoms with van der Waals surface area (Å²) >= 11 is 3.38. The number of benzene rings is 3. The Morgan fingerprint density at radius 1 is 1.17 bits per heavy atom. The summed E-state index contributed by atoms with van der Waals surface area (Å²) in [6, 6.07) is 20.3. The van der Waals surface area contributed by atoms with Gasteiger partial charge in [0.15, 0.2) is 0 Å². The minimum atomic E-state index is -0.356. The Morgan fingerprint density at radius 3 is 2.72 bits per heavy atom. The Labute approximate surface area is 216 Å². The zero-order chi connectivity index (χ0) is 25.2. The van der Waals surface area contributed by atoms with Crippen LogP contribution in [0.15, 0.2) is 69.7 Å². The van der Waals surface area contributed by atoms with Crippen molar-refractivity contribution in [1.82, 2.24) is 10.1 Å². The molecule has 5 rings (SSSR count). The van der Waals surface area contributed by atoms with E-state index in [2.05, 4.69) is 32.1 Å². The maximum Gasteiger partial charge on any atom is 0.338 e. The molecule has 0 radical (unpaired) electrons. The molecule has 1 unspecified atom stereocenters. The van der Waals surface area contributed by atoms with Gasteiger partial charge in [0.2, 0.25) is 5.82 Å². The number of aromatic nitrogens is 2. The smallest absolute Gasteiger partial charge is 0.338 e. The lowest BCUT2D eigenvalue weighted by Gasteiger charge is -2.14. The van der Waals surface area contributed by atoms with Crippen molar-refractivity contribution in [3.8, 4) is 34.7 Å². The molecule has 7 nitrogen and oxygen atoms in total. The Bertz CT molecular complexity index is 1470. The van der Waals surface area contributed by atoms with Gasteiger partial charge in [0.1, 0.15) is 17.9 Å². The van der Waals surface area contributed by atoms with Crippen LogP contribution in [0.25, 0.3) is 22.8 Å². The molecule has 0 aliphatic heterocycles. The number of hydrogen-bond donors (Lipinski definition) is 0. The van der Waals surface area contributed by atoms with E-state index in [-0.39, 0.29) is 18.2 Å². The molecule has 0 bridgehead atoms. The molecule has 1 aromatic heterocycles. The summed E-state index contributed by atoms with van der Waals surface area (Å²) in [6.07, 6.45) is 1.03. The average Bonchev–Trinajstić information content (AvgIpc) is 3.52. The van der Waals surface area contributed by atoms with Crippen LogP contribution in [0.3, 0.4) is 0 Å². The normalized spacial score (nSPS) is 14.4. The Morgan fingerprint density at radius 2 is 1.97 bits per heavy atom. The van der Waals surface area contributed by atoms with Crippen LogP contribution in [-0.2, 0) is 11.2 Å². The summed E-state index contributed by atoms with van der Waals surface area (Å²) in [5, 5.41) is 13.7. The number of halogens is 1. The van der Waals surface area contributed by atoms with E-state index in [1.54, 1.807) is 30.3 Å². The van der Waals surface area contributed by atoms with Crippen molar-refractivity contribution in [2.75, 3.05) is 0 Å². The highest BCUT2D eigenvalue weighted by atomic mass is 79.9. The summed E-state index contributed by atoms with van der Waals surface area (Å²) in [5.41, 5.74) is 4.37. The average molecular weight is 544 g/mol. The Kier molecular flexibility index (Phi) is 6.57. The molecule has 0 saturated heterocycles. The number of fused-ring (bicyclic) bond motifs is 1. The maximum atomic E-state index is 12.7. The van der Waals surface area contributed by atoms with Crippen molar-refractivity contribution in [2.24, 2.45) is 0 Å². The number of ether oxygens (including phenoxy) is 2. The summed E-state index contributed by atoms with van der Waals surface area (Å²) in [6.45, 7) is 3.81. The van der Waals surface area contributed by atoms with Crippen molar-refractivity contribution in [2.45, 2.75) is 38.9 Å². The first-order chi connectivity index (χ1) is 17.4. The Balaban J connectivity index is 1.39. The van der Waals surface area contributed by atoms with Gasteiger partial charge in [0.05, 0.1) is 17.2 Å². The lowest BCUT2D eigenvalue weighted by Crippen LogP contribution is -2.09. The van der Waals surface area contributed by atoms with Gasteiger partial charge in [0.25, 0.3) is 5.89 Å². The molecule has 8 heteroatoms. The van der Waals surface area contributed by atoms with Gasteiger partial charge >= 0.3 is 5.97 Å². The van der Waals surface area contributed by atoms with E-state index in [1.807, 2.05) is 44.2 Å². The molecule has 1 heterocycles. The van der Waals surface area contributed by atoms with Crippen LogP contribution in [0.2, 0.25) is 0 Å². The fourth-order valence-electron chi connectivity index (χ4n) is 4.29. The van der Waals surface area contributed by atoms with E-state index < -0.39 is 0 Å². The lowest BCUT2D eigenvalue weighted by molar-refractivity contribution is 0.0301. The van der Waals surface area contributed by atoms with Crippen LogP contribution in [0, 0.1) is 11.3 Å². The summed E-state index contributed by atoms with van der Waals surface area (Å²) in [7, 11) is 0. The van der Waals surface area contributed by atoms with Gasteiger partial charge in [-0.05, 0) is 80.3 Å². The van der Waals surface area contributed by atoms with Gasteiger partial charge < -0.3 is 14.0 Å². The van der Waals surface area contributed by atoms with E-state index in [4.69, 9.17) is 14.0 Å². The predicted molar refractivity (Wildman–Crippen MR) is 136 cm³/mol. The van der Waals surface area contributed by atoms with Crippen molar-refractivity contribution in [3.05, 3.63) is 87.4 Å². The molecule has 0 N–H and O–H groups in total. The van der Waals surface area contributed by atoms with Crippen molar-refractivity contribution >= 4 is 21.9 Å². The molecule has 180 valence electrons.